The van der Waals surface area contributed by atoms with Gasteiger partial charge in [-0.15, -0.1) is 0 Å². The standard InChI is InChI=1S/C12H23NO2/c1-9(14)8-12-6-4-5-7-13(12)10(2)11(3)15/h10-12,15H,4-8H2,1-3H3. The predicted molar refractivity (Wildman–Crippen MR) is 60.8 cm³/mol. The van der Waals surface area contributed by atoms with Gasteiger partial charge in [0.1, 0.15) is 5.78 Å². The third-order valence-electron chi connectivity index (χ3n) is 3.42. The Morgan fingerprint density at radius 2 is 2.13 bits per heavy atom. The minimum absolute atomic E-state index is 0.162. The molecule has 0 aromatic carbocycles. The second-order valence-electron chi connectivity index (χ2n) is 4.77. The fraction of sp³-hybridized carbons (Fsp3) is 0.917. The maximum atomic E-state index is 11.2. The number of ketones is 1. The van der Waals surface area contributed by atoms with Crippen molar-refractivity contribution >= 4 is 5.78 Å². The van der Waals surface area contributed by atoms with E-state index in [4.69, 9.17) is 0 Å². The number of carbonyl (C=O) groups excluding carboxylic acids is 1. The van der Waals surface area contributed by atoms with Crippen LogP contribution in [0.1, 0.15) is 46.5 Å². The van der Waals surface area contributed by atoms with E-state index in [1.807, 2.05) is 13.8 Å². The summed E-state index contributed by atoms with van der Waals surface area (Å²) in [7, 11) is 0. The van der Waals surface area contributed by atoms with Crippen LogP contribution in [0.25, 0.3) is 0 Å². The van der Waals surface area contributed by atoms with Crippen LogP contribution in [0.15, 0.2) is 0 Å². The van der Waals surface area contributed by atoms with Crippen LogP contribution in [-0.4, -0.2) is 40.5 Å². The topological polar surface area (TPSA) is 40.5 Å². The van der Waals surface area contributed by atoms with Crippen LogP contribution in [-0.2, 0) is 4.79 Å². The first-order chi connectivity index (χ1) is 7.02. The van der Waals surface area contributed by atoms with E-state index >= 15 is 0 Å². The van der Waals surface area contributed by atoms with Crippen LogP contribution in [0.3, 0.4) is 0 Å². The third kappa shape index (κ3) is 3.58. The molecule has 0 amide bonds. The highest BCUT2D eigenvalue weighted by molar-refractivity contribution is 5.76. The van der Waals surface area contributed by atoms with Gasteiger partial charge in [0.2, 0.25) is 0 Å². The molecule has 3 unspecified atom stereocenters. The van der Waals surface area contributed by atoms with E-state index in [9.17, 15) is 9.90 Å². The van der Waals surface area contributed by atoms with E-state index < -0.39 is 0 Å². The van der Waals surface area contributed by atoms with Crippen LogP contribution >= 0.6 is 0 Å². The number of rotatable bonds is 4. The molecule has 1 rings (SSSR count). The summed E-state index contributed by atoms with van der Waals surface area (Å²) < 4.78 is 0. The molecule has 3 nitrogen and oxygen atoms in total. The lowest BCUT2D eigenvalue weighted by atomic mass is 9.95. The number of piperidine rings is 1. The molecule has 1 saturated heterocycles. The maximum absolute atomic E-state index is 11.2. The van der Waals surface area contributed by atoms with E-state index in [2.05, 4.69) is 4.90 Å². The molecular formula is C12H23NO2. The molecule has 88 valence electrons. The minimum Gasteiger partial charge on any atom is -0.392 e. The quantitative estimate of drug-likeness (QED) is 0.771. The number of aliphatic hydroxyl groups is 1. The van der Waals surface area contributed by atoms with Crippen molar-refractivity contribution in [1.82, 2.24) is 4.90 Å². The third-order valence-corrected chi connectivity index (χ3v) is 3.42. The molecule has 1 aliphatic heterocycles. The lowest BCUT2D eigenvalue weighted by Gasteiger charge is -2.40. The first-order valence-electron chi connectivity index (χ1n) is 5.95. The number of aliphatic hydroxyl groups excluding tert-OH is 1. The molecule has 3 heteroatoms. The highest BCUT2D eigenvalue weighted by atomic mass is 16.3. The Morgan fingerprint density at radius 3 is 2.67 bits per heavy atom. The molecule has 0 radical (unpaired) electrons. The predicted octanol–water partition coefficient (Wildman–Crippen LogP) is 1.59. The Hall–Kier alpha value is -0.410. The van der Waals surface area contributed by atoms with Crippen LogP contribution in [0.4, 0.5) is 0 Å². The number of likely N-dealkylation sites (tertiary alicyclic amines) is 1. The van der Waals surface area contributed by atoms with E-state index in [0.29, 0.717) is 12.5 Å². The van der Waals surface area contributed by atoms with Gasteiger partial charge in [-0.05, 0) is 40.2 Å². The number of hydrogen-bond acceptors (Lipinski definition) is 3. The molecule has 3 atom stereocenters. The normalized spacial score (nSPS) is 27.3. The van der Waals surface area contributed by atoms with Gasteiger partial charge in [0.05, 0.1) is 6.10 Å². The Balaban J connectivity index is 2.60. The summed E-state index contributed by atoms with van der Waals surface area (Å²) in [4.78, 5) is 13.5. The second-order valence-corrected chi connectivity index (χ2v) is 4.77. The first-order valence-corrected chi connectivity index (χ1v) is 5.95. The van der Waals surface area contributed by atoms with E-state index in [-0.39, 0.29) is 17.9 Å². The van der Waals surface area contributed by atoms with E-state index in [1.54, 1.807) is 6.92 Å². The average Bonchev–Trinajstić information content (AvgIpc) is 2.16. The van der Waals surface area contributed by atoms with Crippen LogP contribution in [0.2, 0.25) is 0 Å². The summed E-state index contributed by atoms with van der Waals surface area (Å²) in [5.74, 6) is 0.254. The van der Waals surface area contributed by atoms with Gasteiger partial charge >= 0.3 is 0 Å². The first kappa shape index (κ1) is 12.7. The smallest absolute Gasteiger partial charge is 0.131 e. The van der Waals surface area contributed by atoms with Crippen molar-refractivity contribution in [1.29, 1.82) is 0 Å². The van der Waals surface area contributed by atoms with Crippen molar-refractivity contribution in [3.63, 3.8) is 0 Å². The van der Waals surface area contributed by atoms with Crippen molar-refractivity contribution in [2.24, 2.45) is 0 Å². The molecule has 1 N–H and O–H groups in total. The fourth-order valence-corrected chi connectivity index (χ4v) is 2.39. The Morgan fingerprint density at radius 1 is 1.47 bits per heavy atom. The van der Waals surface area contributed by atoms with Gasteiger partial charge in [0, 0.05) is 18.5 Å². The summed E-state index contributed by atoms with van der Waals surface area (Å²) in [6.07, 6.45) is 3.80. The van der Waals surface area contributed by atoms with Gasteiger partial charge < -0.3 is 5.11 Å². The number of hydrogen-bond donors (Lipinski definition) is 1. The SMILES string of the molecule is CC(=O)CC1CCCCN1C(C)C(C)O. The molecule has 0 aliphatic carbocycles. The van der Waals surface area contributed by atoms with E-state index in [0.717, 1.165) is 13.0 Å². The van der Waals surface area contributed by atoms with Crippen molar-refractivity contribution in [3.8, 4) is 0 Å². The average molecular weight is 213 g/mol. The van der Waals surface area contributed by atoms with Crippen molar-refractivity contribution < 1.29 is 9.90 Å². The summed E-state index contributed by atoms with van der Waals surface area (Å²) in [5.41, 5.74) is 0. The molecule has 1 heterocycles. The summed E-state index contributed by atoms with van der Waals surface area (Å²) >= 11 is 0. The summed E-state index contributed by atoms with van der Waals surface area (Å²) in [6, 6.07) is 0.510. The molecule has 0 spiro atoms. The fourth-order valence-electron chi connectivity index (χ4n) is 2.39. The van der Waals surface area contributed by atoms with Crippen LogP contribution in [0.5, 0.6) is 0 Å². The Kier molecular flexibility index (Phi) is 4.74. The molecule has 0 aromatic rings. The minimum atomic E-state index is -0.322. The zero-order chi connectivity index (χ0) is 11.4. The van der Waals surface area contributed by atoms with Gasteiger partial charge in [-0.2, -0.15) is 0 Å². The highest BCUT2D eigenvalue weighted by Gasteiger charge is 2.29. The van der Waals surface area contributed by atoms with Crippen molar-refractivity contribution in [2.45, 2.75) is 64.6 Å². The second kappa shape index (κ2) is 5.61. The van der Waals surface area contributed by atoms with Crippen molar-refractivity contribution in [3.05, 3.63) is 0 Å². The van der Waals surface area contributed by atoms with Gasteiger partial charge in [-0.25, -0.2) is 0 Å². The van der Waals surface area contributed by atoms with Gasteiger partial charge in [-0.1, -0.05) is 6.42 Å². The summed E-state index contributed by atoms with van der Waals surface area (Å²) in [6.45, 7) is 6.54. The molecular weight excluding hydrogens is 190 g/mol. The zero-order valence-electron chi connectivity index (χ0n) is 10.1. The number of nitrogens with zero attached hydrogens (tertiary/aromatic N) is 1. The lowest BCUT2D eigenvalue weighted by molar-refractivity contribution is -0.119. The van der Waals surface area contributed by atoms with Crippen LogP contribution < -0.4 is 0 Å². The monoisotopic (exact) mass is 213 g/mol. The molecule has 1 aliphatic rings. The molecule has 0 bridgehead atoms. The lowest BCUT2D eigenvalue weighted by Crippen LogP contribution is -2.49. The van der Waals surface area contributed by atoms with Crippen molar-refractivity contribution in [2.75, 3.05) is 6.54 Å². The zero-order valence-corrected chi connectivity index (χ0v) is 10.1. The van der Waals surface area contributed by atoms with Gasteiger partial charge in [0.25, 0.3) is 0 Å². The molecule has 1 fully saturated rings. The van der Waals surface area contributed by atoms with Crippen LogP contribution in [0, 0.1) is 0 Å². The molecule has 15 heavy (non-hydrogen) atoms. The largest absolute Gasteiger partial charge is 0.392 e. The Labute approximate surface area is 92.5 Å². The van der Waals surface area contributed by atoms with Gasteiger partial charge in [-0.3, -0.25) is 9.69 Å². The summed E-state index contributed by atoms with van der Waals surface area (Å²) in [5, 5.41) is 9.60. The molecule has 0 aromatic heterocycles. The highest BCUT2D eigenvalue weighted by Crippen LogP contribution is 2.23. The Bertz CT molecular complexity index is 216. The van der Waals surface area contributed by atoms with Gasteiger partial charge in [0.15, 0.2) is 0 Å². The van der Waals surface area contributed by atoms with E-state index in [1.165, 1.54) is 12.8 Å². The maximum Gasteiger partial charge on any atom is 0.131 e. The number of carbonyl (C=O) groups is 1. The molecule has 0 saturated carbocycles. The number of Topliss-reactive ketones (excluding diaryl/α,β-unsaturated/α-hetero) is 1.